The van der Waals surface area contributed by atoms with Crippen molar-refractivity contribution < 1.29 is 14.4 Å². The number of aliphatic hydroxyl groups excluding tert-OH is 1. The number of hydrogen-bond donors (Lipinski definition) is 1. The van der Waals surface area contributed by atoms with E-state index >= 15 is 0 Å². The summed E-state index contributed by atoms with van der Waals surface area (Å²) >= 11 is 0. The molecule has 1 aliphatic rings. The number of hydrogen-bond acceptors (Lipinski definition) is 5. The first-order valence-electron chi connectivity index (χ1n) is 8.12. The van der Waals surface area contributed by atoms with Crippen LogP contribution in [0, 0.1) is 13.8 Å². The summed E-state index contributed by atoms with van der Waals surface area (Å²) in [4.78, 5) is 2.26. The lowest BCUT2D eigenvalue weighted by atomic mass is 10.1. The minimum atomic E-state index is -0.447. The minimum Gasteiger partial charge on any atom is -0.387 e. The Morgan fingerprint density at radius 2 is 2.13 bits per heavy atom. The maximum absolute atomic E-state index is 10.3. The van der Waals surface area contributed by atoms with Gasteiger partial charge in [-0.1, -0.05) is 35.5 Å². The molecule has 1 aromatic carbocycles. The van der Waals surface area contributed by atoms with Gasteiger partial charge in [0.2, 0.25) is 0 Å². The van der Waals surface area contributed by atoms with Gasteiger partial charge in [0.05, 0.1) is 24.5 Å². The van der Waals surface area contributed by atoms with E-state index in [1.54, 1.807) is 0 Å². The normalized spacial score (nSPS) is 20.0. The van der Waals surface area contributed by atoms with E-state index in [1.165, 1.54) is 0 Å². The van der Waals surface area contributed by atoms with Gasteiger partial charge < -0.3 is 14.4 Å². The molecule has 2 atom stereocenters. The Morgan fingerprint density at radius 3 is 2.83 bits per heavy atom. The summed E-state index contributed by atoms with van der Waals surface area (Å²) in [5.74, 6) is 0.830. The fourth-order valence-corrected chi connectivity index (χ4v) is 3.03. The van der Waals surface area contributed by atoms with Crippen LogP contribution in [-0.2, 0) is 11.3 Å². The lowest BCUT2D eigenvalue weighted by molar-refractivity contribution is 0.0409. The van der Waals surface area contributed by atoms with Crippen molar-refractivity contribution in [1.29, 1.82) is 0 Å². The van der Waals surface area contributed by atoms with Gasteiger partial charge in [-0.15, -0.1) is 0 Å². The summed E-state index contributed by atoms with van der Waals surface area (Å²) in [5.41, 5.74) is 2.91. The van der Waals surface area contributed by atoms with Crippen molar-refractivity contribution in [2.75, 3.05) is 19.6 Å². The zero-order chi connectivity index (χ0) is 16.2. The average Bonchev–Trinajstić information content (AvgIpc) is 3.13. The van der Waals surface area contributed by atoms with E-state index in [2.05, 4.69) is 10.1 Å². The molecule has 0 amide bonds. The molecule has 1 saturated heterocycles. The molecule has 1 N–H and O–H groups in total. The summed E-state index contributed by atoms with van der Waals surface area (Å²) in [5, 5.41) is 14.3. The molecule has 2 heterocycles. The van der Waals surface area contributed by atoms with E-state index in [1.807, 2.05) is 44.2 Å². The standard InChI is InChI=1S/C18H24N2O3/c1-13-17(14(2)23-19-13)12-22-16-8-9-20(10-16)11-18(21)15-6-4-3-5-7-15/h3-7,16,18,21H,8-12H2,1-2H3/t16?,18-/m0/s1. The first-order chi connectivity index (χ1) is 11.1. The minimum absolute atomic E-state index is 0.201. The number of benzene rings is 1. The Morgan fingerprint density at radius 1 is 1.35 bits per heavy atom. The molecular weight excluding hydrogens is 292 g/mol. The van der Waals surface area contributed by atoms with Gasteiger partial charge in [-0.25, -0.2) is 0 Å². The molecule has 1 aromatic heterocycles. The summed E-state index contributed by atoms with van der Waals surface area (Å²) in [7, 11) is 0. The third-order valence-electron chi connectivity index (χ3n) is 4.49. The van der Waals surface area contributed by atoms with Gasteiger partial charge in [0.15, 0.2) is 0 Å². The second-order valence-corrected chi connectivity index (χ2v) is 6.21. The molecule has 1 unspecified atom stereocenters. The number of aryl methyl sites for hydroxylation is 2. The van der Waals surface area contributed by atoms with E-state index in [-0.39, 0.29) is 6.10 Å². The van der Waals surface area contributed by atoms with Crippen LogP contribution in [-0.4, -0.2) is 40.9 Å². The zero-order valence-corrected chi connectivity index (χ0v) is 13.7. The third kappa shape index (κ3) is 3.99. The van der Waals surface area contributed by atoms with Crippen LogP contribution in [0.4, 0.5) is 0 Å². The van der Waals surface area contributed by atoms with Crippen molar-refractivity contribution in [3.05, 3.63) is 52.9 Å². The second-order valence-electron chi connectivity index (χ2n) is 6.21. The monoisotopic (exact) mass is 316 g/mol. The Kier molecular flexibility index (Phi) is 5.10. The molecule has 124 valence electrons. The topological polar surface area (TPSA) is 58.7 Å². The Hall–Kier alpha value is -1.69. The van der Waals surface area contributed by atoms with Gasteiger partial charge >= 0.3 is 0 Å². The second kappa shape index (κ2) is 7.25. The van der Waals surface area contributed by atoms with Crippen LogP contribution in [0.3, 0.4) is 0 Å². The number of aromatic nitrogens is 1. The highest BCUT2D eigenvalue weighted by atomic mass is 16.5. The molecule has 3 rings (SSSR count). The molecule has 5 heteroatoms. The lowest BCUT2D eigenvalue weighted by Crippen LogP contribution is -2.28. The maximum Gasteiger partial charge on any atom is 0.139 e. The summed E-state index contributed by atoms with van der Waals surface area (Å²) in [6, 6.07) is 9.80. The van der Waals surface area contributed by atoms with Gasteiger partial charge in [-0.05, 0) is 25.8 Å². The van der Waals surface area contributed by atoms with Crippen molar-refractivity contribution in [1.82, 2.24) is 10.1 Å². The van der Waals surface area contributed by atoms with Gasteiger partial charge in [0.1, 0.15) is 5.76 Å². The van der Waals surface area contributed by atoms with Crippen LogP contribution in [0.1, 0.15) is 35.1 Å². The molecule has 0 saturated carbocycles. The molecular formula is C18H24N2O3. The van der Waals surface area contributed by atoms with Gasteiger partial charge in [-0.2, -0.15) is 0 Å². The van der Waals surface area contributed by atoms with Crippen LogP contribution in [0.2, 0.25) is 0 Å². The van der Waals surface area contributed by atoms with Crippen molar-refractivity contribution in [2.24, 2.45) is 0 Å². The molecule has 0 bridgehead atoms. The van der Waals surface area contributed by atoms with Crippen molar-refractivity contribution in [3.8, 4) is 0 Å². The first kappa shape index (κ1) is 16.2. The quantitative estimate of drug-likeness (QED) is 0.888. The van der Waals surface area contributed by atoms with Crippen LogP contribution >= 0.6 is 0 Å². The Bertz CT molecular complexity index is 607. The molecule has 5 nitrogen and oxygen atoms in total. The van der Waals surface area contributed by atoms with Gasteiger partial charge in [0.25, 0.3) is 0 Å². The molecule has 2 aromatic rings. The molecule has 1 fully saturated rings. The van der Waals surface area contributed by atoms with Crippen molar-refractivity contribution in [2.45, 2.75) is 39.1 Å². The number of β-amino-alcohol motifs (C(OH)–C–C–N with tert-alkyl or cyclic N) is 1. The predicted octanol–water partition coefficient (Wildman–Crippen LogP) is 2.62. The highest BCUT2D eigenvalue weighted by Crippen LogP contribution is 2.21. The zero-order valence-electron chi connectivity index (χ0n) is 13.7. The number of nitrogens with zero attached hydrogens (tertiary/aromatic N) is 2. The third-order valence-corrected chi connectivity index (χ3v) is 4.49. The van der Waals surface area contributed by atoms with E-state index in [0.29, 0.717) is 13.2 Å². The number of ether oxygens (including phenoxy) is 1. The first-order valence-corrected chi connectivity index (χ1v) is 8.12. The van der Waals surface area contributed by atoms with Crippen LogP contribution in [0.25, 0.3) is 0 Å². The molecule has 23 heavy (non-hydrogen) atoms. The largest absolute Gasteiger partial charge is 0.387 e. The summed E-state index contributed by atoms with van der Waals surface area (Å²) < 4.78 is 11.2. The van der Waals surface area contributed by atoms with Crippen molar-refractivity contribution >= 4 is 0 Å². The molecule has 0 spiro atoms. The number of rotatable bonds is 6. The smallest absolute Gasteiger partial charge is 0.139 e. The van der Waals surface area contributed by atoms with E-state index < -0.39 is 6.10 Å². The van der Waals surface area contributed by atoms with Crippen LogP contribution < -0.4 is 0 Å². The highest BCUT2D eigenvalue weighted by Gasteiger charge is 2.25. The maximum atomic E-state index is 10.3. The van der Waals surface area contributed by atoms with Crippen LogP contribution in [0.5, 0.6) is 0 Å². The van der Waals surface area contributed by atoms with E-state index in [0.717, 1.165) is 42.1 Å². The van der Waals surface area contributed by atoms with Gasteiger partial charge in [0, 0.05) is 25.2 Å². The lowest BCUT2D eigenvalue weighted by Gasteiger charge is -2.20. The van der Waals surface area contributed by atoms with Crippen LogP contribution in [0.15, 0.2) is 34.9 Å². The fraction of sp³-hybridized carbons (Fsp3) is 0.500. The number of aliphatic hydroxyl groups is 1. The number of likely N-dealkylation sites (tertiary alicyclic amines) is 1. The Balaban J connectivity index is 1.47. The summed E-state index contributed by atoms with van der Waals surface area (Å²) in [6.07, 6.45) is 0.745. The SMILES string of the molecule is Cc1noc(C)c1COC1CCN(C[C@H](O)c2ccccc2)C1. The van der Waals surface area contributed by atoms with E-state index in [4.69, 9.17) is 9.26 Å². The molecule has 0 radical (unpaired) electrons. The summed E-state index contributed by atoms with van der Waals surface area (Å²) in [6.45, 7) is 6.85. The predicted molar refractivity (Wildman–Crippen MR) is 87.0 cm³/mol. The van der Waals surface area contributed by atoms with Crippen molar-refractivity contribution in [3.63, 3.8) is 0 Å². The average molecular weight is 316 g/mol. The molecule has 1 aliphatic heterocycles. The van der Waals surface area contributed by atoms with Gasteiger partial charge in [-0.3, -0.25) is 4.90 Å². The highest BCUT2D eigenvalue weighted by molar-refractivity contribution is 5.19. The fourth-order valence-electron chi connectivity index (χ4n) is 3.03. The Labute approximate surface area is 136 Å². The molecule has 0 aliphatic carbocycles. The van der Waals surface area contributed by atoms with E-state index in [9.17, 15) is 5.11 Å².